The van der Waals surface area contributed by atoms with Gasteiger partial charge in [0.15, 0.2) is 0 Å². The number of halogens is 1. The summed E-state index contributed by atoms with van der Waals surface area (Å²) in [4.78, 5) is 4.34. The second kappa shape index (κ2) is 5.79. The van der Waals surface area contributed by atoms with Gasteiger partial charge < -0.3 is 4.90 Å². The summed E-state index contributed by atoms with van der Waals surface area (Å²) >= 11 is 5.61. The normalized spacial score (nSPS) is 14.8. The van der Waals surface area contributed by atoms with E-state index >= 15 is 0 Å². The fourth-order valence-corrected chi connectivity index (χ4v) is 1.42. The zero-order chi connectivity index (χ0) is 9.61. The number of unbranched alkanes of at least 4 members (excludes halogenated alkanes) is 1. The number of nitrogens with one attached hydrogen (secondary N) is 2. The van der Waals surface area contributed by atoms with Crippen molar-refractivity contribution in [2.24, 2.45) is 0 Å². The highest BCUT2D eigenvalue weighted by molar-refractivity contribution is 6.13. The van der Waals surface area contributed by atoms with Crippen LogP contribution in [0.3, 0.4) is 0 Å². The molecule has 0 heterocycles. The number of rotatable bonds is 6. The molecule has 0 aromatic rings. The average molecular weight is 194 g/mol. The fraction of sp³-hybridized carbons (Fsp3) is 1.00. The average Bonchev–Trinajstić information content (AvgIpc) is 2.00. The van der Waals surface area contributed by atoms with E-state index in [0.717, 1.165) is 6.54 Å². The maximum absolute atomic E-state index is 5.61. The maximum Gasteiger partial charge on any atom is 0.0960 e. The Kier molecular flexibility index (Phi) is 5.89. The molecule has 0 aliphatic heterocycles. The first-order chi connectivity index (χ1) is 5.52. The van der Waals surface area contributed by atoms with Crippen molar-refractivity contribution < 1.29 is 4.90 Å². The van der Waals surface area contributed by atoms with Crippen LogP contribution in [-0.4, -0.2) is 25.7 Å². The molecule has 3 heteroatoms. The van der Waals surface area contributed by atoms with Crippen LogP contribution in [0.15, 0.2) is 0 Å². The molecule has 2 N–H and O–H groups in total. The molecule has 1 atom stereocenters. The summed E-state index contributed by atoms with van der Waals surface area (Å²) in [6.45, 7) is 8.76. The first-order valence-corrected chi connectivity index (χ1v) is 5.08. The van der Waals surface area contributed by atoms with Crippen LogP contribution >= 0.6 is 11.8 Å². The molecular formula is C9H22ClN2+. The predicted molar refractivity (Wildman–Crippen MR) is 54.6 cm³/mol. The summed E-state index contributed by atoms with van der Waals surface area (Å²) < 4.78 is 0. The molecule has 12 heavy (non-hydrogen) atoms. The smallest absolute Gasteiger partial charge is 0.0960 e. The zero-order valence-corrected chi connectivity index (χ0v) is 9.46. The van der Waals surface area contributed by atoms with Crippen molar-refractivity contribution in [2.75, 3.05) is 20.1 Å². The van der Waals surface area contributed by atoms with E-state index in [1.165, 1.54) is 24.3 Å². The Hall–Kier alpha value is 0.210. The van der Waals surface area contributed by atoms with Crippen LogP contribution in [0.25, 0.3) is 0 Å². The largest absolute Gasteiger partial charge is 0.336 e. The maximum atomic E-state index is 5.61. The molecule has 0 aliphatic carbocycles. The minimum atomic E-state index is 0.0411. The Morgan fingerprint density at radius 3 is 2.42 bits per heavy atom. The Balaban J connectivity index is 3.60. The van der Waals surface area contributed by atoms with Crippen molar-refractivity contribution in [3.05, 3.63) is 0 Å². The molecule has 0 aliphatic rings. The Morgan fingerprint density at radius 2 is 2.00 bits per heavy atom. The van der Waals surface area contributed by atoms with Gasteiger partial charge in [0, 0.05) is 0 Å². The van der Waals surface area contributed by atoms with E-state index in [0.29, 0.717) is 0 Å². The highest BCUT2D eigenvalue weighted by atomic mass is 35.5. The van der Waals surface area contributed by atoms with Gasteiger partial charge in [-0.3, -0.25) is 0 Å². The summed E-state index contributed by atoms with van der Waals surface area (Å²) in [5, 5.41) is 0. The van der Waals surface area contributed by atoms with Gasteiger partial charge >= 0.3 is 0 Å². The van der Waals surface area contributed by atoms with Crippen molar-refractivity contribution >= 4 is 11.8 Å². The second-order valence-corrected chi connectivity index (χ2v) is 4.40. The third-order valence-electron chi connectivity index (χ3n) is 1.96. The summed E-state index contributed by atoms with van der Waals surface area (Å²) in [6, 6.07) is 0. The molecule has 0 fully saturated rings. The van der Waals surface area contributed by atoms with Gasteiger partial charge in [-0.2, -0.15) is 0 Å². The lowest BCUT2D eigenvalue weighted by molar-refractivity contribution is -0.883. The van der Waals surface area contributed by atoms with Crippen molar-refractivity contribution in [2.45, 2.75) is 39.2 Å². The Bertz CT molecular complexity index is 115. The minimum Gasteiger partial charge on any atom is -0.336 e. The Morgan fingerprint density at radius 1 is 1.42 bits per heavy atom. The van der Waals surface area contributed by atoms with E-state index in [1.54, 1.807) is 0 Å². The number of likely N-dealkylation sites (N-methyl/N-ethyl adjacent to an activating group) is 1. The van der Waals surface area contributed by atoms with E-state index < -0.39 is 0 Å². The first-order valence-electron chi connectivity index (χ1n) is 4.71. The first kappa shape index (κ1) is 12.2. The van der Waals surface area contributed by atoms with Crippen LogP contribution in [0.2, 0.25) is 0 Å². The topological polar surface area (TPSA) is 16.5 Å². The van der Waals surface area contributed by atoms with Crippen LogP contribution in [0.1, 0.15) is 33.6 Å². The molecule has 0 aromatic carbocycles. The van der Waals surface area contributed by atoms with Gasteiger partial charge in [-0.1, -0.05) is 13.3 Å². The number of quaternary nitrogens is 1. The summed E-state index contributed by atoms with van der Waals surface area (Å²) in [6.07, 6.45) is 2.57. The van der Waals surface area contributed by atoms with Crippen LogP contribution in [0, 0.1) is 0 Å². The van der Waals surface area contributed by atoms with E-state index in [9.17, 15) is 0 Å². The number of hydrogen-bond acceptors (Lipinski definition) is 1. The lowest BCUT2D eigenvalue weighted by Crippen LogP contribution is -3.11. The van der Waals surface area contributed by atoms with Gasteiger partial charge in [-0.15, -0.1) is 0 Å². The van der Waals surface area contributed by atoms with Crippen LogP contribution in [0.5, 0.6) is 0 Å². The highest BCUT2D eigenvalue weighted by Gasteiger charge is 2.20. The Labute approximate surface area is 81.4 Å². The van der Waals surface area contributed by atoms with Crippen molar-refractivity contribution in [1.82, 2.24) is 4.84 Å². The van der Waals surface area contributed by atoms with Gasteiger partial charge in [-0.05, 0) is 32.0 Å². The van der Waals surface area contributed by atoms with Crippen molar-refractivity contribution in [3.63, 3.8) is 0 Å². The molecule has 2 nitrogen and oxygen atoms in total. The van der Waals surface area contributed by atoms with E-state index in [2.05, 4.69) is 32.7 Å². The third kappa shape index (κ3) is 5.81. The van der Waals surface area contributed by atoms with Crippen LogP contribution in [-0.2, 0) is 0 Å². The van der Waals surface area contributed by atoms with E-state index in [-0.39, 0.29) is 5.54 Å². The molecule has 0 aromatic heterocycles. The molecule has 1 unspecified atom stereocenters. The van der Waals surface area contributed by atoms with E-state index in [4.69, 9.17) is 11.8 Å². The molecule has 74 valence electrons. The van der Waals surface area contributed by atoms with Gasteiger partial charge in [-0.25, -0.2) is 4.84 Å². The van der Waals surface area contributed by atoms with Crippen molar-refractivity contribution in [3.8, 4) is 0 Å². The standard InChI is InChI=1S/C9H21ClN2/c1-5-6-7-12(4)8-9(2,3)11-10/h11H,5-8H2,1-4H3/p+1. The minimum absolute atomic E-state index is 0.0411. The predicted octanol–water partition coefficient (Wildman–Crippen LogP) is 0.823. The van der Waals surface area contributed by atoms with Crippen molar-refractivity contribution in [1.29, 1.82) is 0 Å². The summed E-state index contributed by atoms with van der Waals surface area (Å²) in [5.74, 6) is 0. The SMILES string of the molecule is CCCC[NH+](C)CC(C)(C)NCl. The number of hydrogen-bond donors (Lipinski definition) is 2. The molecule has 0 bridgehead atoms. The second-order valence-electron chi connectivity index (χ2n) is 4.22. The van der Waals surface area contributed by atoms with Gasteiger partial charge in [0.1, 0.15) is 0 Å². The molecule has 0 saturated heterocycles. The van der Waals surface area contributed by atoms with Gasteiger partial charge in [0.25, 0.3) is 0 Å². The molecule has 0 radical (unpaired) electrons. The summed E-state index contributed by atoms with van der Waals surface area (Å²) in [5.41, 5.74) is 0.0411. The molecule has 0 amide bonds. The van der Waals surface area contributed by atoms with E-state index in [1.807, 2.05) is 0 Å². The lowest BCUT2D eigenvalue weighted by atomic mass is 10.1. The van der Waals surface area contributed by atoms with Gasteiger partial charge in [0.05, 0.1) is 25.7 Å². The quantitative estimate of drug-likeness (QED) is 0.598. The zero-order valence-electron chi connectivity index (χ0n) is 8.71. The highest BCUT2D eigenvalue weighted by Crippen LogP contribution is 1.98. The fourth-order valence-electron chi connectivity index (χ4n) is 1.35. The third-order valence-corrected chi connectivity index (χ3v) is 2.47. The van der Waals surface area contributed by atoms with Crippen LogP contribution < -0.4 is 9.74 Å². The van der Waals surface area contributed by atoms with Crippen LogP contribution in [0.4, 0.5) is 0 Å². The summed E-state index contributed by atoms with van der Waals surface area (Å²) in [7, 11) is 2.21. The molecule has 0 spiro atoms. The molecule has 0 saturated carbocycles. The monoisotopic (exact) mass is 193 g/mol. The van der Waals surface area contributed by atoms with Gasteiger partial charge in [0.2, 0.25) is 0 Å². The lowest BCUT2D eigenvalue weighted by Gasteiger charge is -2.25. The molecular weight excluding hydrogens is 172 g/mol. The molecule has 0 rings (SSSR count).